The molecule has 0 unspecified atom stereocenters. The maximum atomic E-state index is 12.4. The highest BCUT2D eigenvalue weighted by Crippen LogP contribution is 2.27. The van der Waals surface area contributed by atoms with Crippen molar-refractivity contribution in [3.05, 3.63) is 65.9 Å². The van der Waals surface area contributed by atoms with Crippen LogP contribution < -0.4 is 0 Å². The number of ketones is 1. The lowest BCUT2D eigenvalue weighted by molar-refractivity contribution is 0.0991. The molecule has 0 aliphatic rings. The smallest absolute Gasteiger partial charge is 0.180 e. The molecule has 1 aromatic heterocycles. The number of aromatic nitrogens is 2. The minimum absolute atomic E-state index is 0.0503. The van der Waals surface area contributed by atoms with Gasteiger partial charge in [0.1, 0.15) is 4.83 Å². The van der Waals surface area contributed by atoms with Gasteiger partial charge in [0.2, 0.25) is 0 Å². The molecular formula is C15H11BrN2O. The van der Waals surface area contributed by atoms with E-state index in [0.717, 1.165) is 16.5 Å². The van der Waals surface area contributed by atoms with Gasteiger partial charge in [0.25, 0.3) is 0 Å². The van der Waals surface area contributed by atoms with Crippen molar-refractivity contribution in [2.45, 2.75) is 4.83 Å². The maximum absolute atomic E-state index is 12.4. The van der Waals surface area contributed by atoms with Crippen LogP contribution in [0, 0.1) is 0 Å². The summed E-state index contributed by atoms with van der Waals surface area (Å²) < 4.78 is 0. The van der Waals surface area contributed by atoms with Crippen LogP contribution in [0.1, 0.15) is 20.7 Å². The fourth-order valence-electron chi connectivity index (χ4n) is 2.02. The summed E-state index contributed by atoms with van der Waals surface area (Å²) in [7, 11) is 0. The average Bonchev–Trinajstić information content (AvgIpc) is 2.94. The zero-order valence-electron chi connectivity index (χ0n) is 10.0. The highest BCUT2D eigenvalue weighted by Gasteiger charge is 2.18. The predicted octanol–water partition coefficient (Wildman–Crippen LogP) is 3.88. The van der Waals surface area contributed by atoms with Crippen molar-refractivity contribution < 1.29 is 4.79 Å². The second-order valence-electron chi connectivity index (χ2n) is 4.31. The van der Waals surface area contributed by atoms with Crippen LogP contribution in [0.15, 0.2) is 54.7 Å². The average molecular weight is 315 g/mol. The molecule has 0 fully saturated rings. The van der Waals surface area contributed by atoms with Crippen LogP contribution >= 0.6 is 15.9 Å². The molecule has 19 heavy (non-hydrogen) atoms. The number of H-pyrrole nitrogens is 1. The lowest BCUT2D eigenvalue weighted by Gasteiger charge is -2.09. The van der Waals surface area contributed by atoms with Crippen molar-refractivity contribution in [3.8, 4) is 0 Å². The van der Waals surface area contributed by atoms with Gasteiger partial charge in [-0.05, 0) is 23.8 Å². The van der Waals surface area contributed by atoms with Crippen LogP contribution in [-0.4, -0.2) is 16.0 Å². The normalized spacial score (nSPS) is 12.5. The molecule has 0 radical (unpaired) electrons. The lowest BCUT2D eigenvalue weighted by Crippen LogP contribution is -2.06. The van der Waals surface area contributed by atoms with E-state index in [1.54, 1.807) is 6.20 Å². The third kappa shape index (κ3) is 2.31. The zero-order chi connectivity index (χ0) is 13.2. The Morgan fingerprint density at radius 1 is 1.16 bits per heavy atom. The van der Waals surface area contributed by atoms with Crippen LogP contribution in [0.2, 0.25) is 0 Å². The van der Waals surface area contributed by atoms with E-state index in [1.165, 1.54) is 0 Å². The summed E-state index contributed by atoms with van der Waals surface area (Å²) in [4.78, 5) is 12.1. The first-order chi connectivity index (χ1) is 9.25. The van der Waals surface area contributed by atoms with Gasteiger partial charge in [-0.25, -0.2) is 0 Å². The molecule has 4 heteroatoms. The number of benzene rings is 2. The lowest BCUT2D eigenvalue weighted by atomic mass is 10.0. The number of hydrogen-bond acceptors (Lipinski definition) is 2. The number of nitrogens with one attached hydrogen (secondary N) is 1. The van der Waals surface area contributed by atoms with Gasteiger partial charge in [-0.2, -0.15) is 5.10 Å². The third-order valence-electron chi connectivity index (χ3n) is 3.05. The Bertz CT molecular complexity index is 721. The van der Waals surface area contributed by atoms with E-state index in [-0.39, 0.29) is 10.6 Å². The molecule has 94 valence electrons. The van der Waals surface area contributed by atoms with Gasteiger partial charge in [0.15, 0.2) is 5.78 Å². The second kappa shape index (κ2) is 4.97. The van der Waals surface area contributed by atoms with Crippen molar-refractivity contribution in [2.75, 3.05) is 0 Å². The van der Waals surface area contributed by atoms with E-state index in [4.69, 9.17) is 0 Å². The van der Waals surface area contributed by atoms with E-state index in [0.29, 0.717) is 5.56 Å². The monoisotopic (exact) mass is 314 g/mol. The molecule has 1 heterocycles. The molecule has 2 aromatic carbocycles. The SMILES string of the molecule is O=C(c1ccc2[nH]ncc2c1)[C@@H](Br)c1ccccc1. The van der Waals surface area contributed by atoms with Gasteiger partial charge in [0.05, 0.1) is 11.7 Å². The summed E-state index contributed by atoms with van der Waals surface area (Å²) in [5.74, 6) is 0.0503. The Balaban J connectivity index is 1.95. The van der Waals surface area contributed by atoms with E-state index < -0.39 is 0 Å². The fourth-order valence-corrected chi connectivity index (χ4v) is 2.59. The largest absolute Gasteiger partial charge is 0.293 e. The number of aromatic amines is 1. The summed E-state index contributed by atoms with van der Waals surface area (Å²) in [6.45, 7) is 0. The molecule has 1 N–H and O–H groups in total. The summed E-state index contributed by atoms with van der Waals surface area (Å²) >= 11 is 3.47. The van der Waals surface area contributed by atoms with E-state index >= 15 is 0 Å². The van der Waals surface area contributed by atoms with Crippen molar-refractivity contribution in [1.29, 1.82) is 0 Å². The van der Waals surface area contributed by atoms with Gasteiger partial charge in [-0.1, -0.05) is 46.3 Å². The Morgan fingerprint density at radius 2 is 1.95 bits per heavy atom. The van der Waals surface area contributed by atoms with Crippen molar-refractivity contribution in [3.63, 3.8) is 0 Å². The van der Waals surface area contributed by atoms with Gasteiger partial charge in [0, 0.05) is 10.9 Å². The Labute approximate surface area is 118 Å². The molecular weight excluding hydrogens is 304 g/mol. The molecule has 0 spiro atoms. The number of fused-ring (bicyclic) bond motifs is 1. The molecule has 0 amide bonds. The molecule has 3 rings (SSSR count). The highest BCUT2D eigenvalue weighted by atomic mass is 79.9. The topological polar surface area (TPSA) is 45.8 Å². The summed E-state index contributed by atoms with van der Waals surface area (Å²) in [5.41, 5.74) is 2.57. The molecule has 0 aliphatic carbocycles. The third-order valence-corrected chi connectivity index (χ3v) is 3.99. The summed E-state index contributed by atoms with van der Waals surface area (Å²) in [5, 5.41) is 7.77. The number of carbonyl (C=O) groups excluding carboxylic acids is 1. The molecule has 1 atom stereocenters. The molecule has 0 aliphatic heterocycles. The summed E-state index contributed by atoms with van der Waals surface area (Å²) in [6, 6.07) is 15.2. The van der Waals surface area contributed by atoms with E-state index in [1.807, 2.05) is 48.5 Å². The number of carbonyl (C=O) groups is 1. The first kappa shape index (κ1) is 12.1. The van der Waals surface area contributed by atoms with Crippen molar-refractivity contribution in [1.82, 2.24) is 10.2 Å². The minimum atomic E-state index is -0.321. The minimum Gasteiger partial charge on any atom is -0.293 e. The van der Waals surface area contributed by atoms with Gasteiger partial charge < -0.3 is 0 Å². The quantitative estimate of drug-likeness (QED) is 0.589. The van der Waals surface area contributed by atoms with Crippen molar-refractivity contribution in [2.24, 2.45) is 0 Å². The van der Waals surface area contributed by atoms with Crippen molar-refractivity contribution >= 4 is 32.6 Å². The highest BCUT2D eigenvalue weighted by molar-refractivity contribution is 9.09. The standard InChI is InChI=1S/C15H11BrN2O/c16-14(10-4-2-1-3-5-10)15(19)11-6-7-13-12(8-11)9-17-18-13/h1-9,14H,(H,17,18)/t14-/m0/s1. The van der Waals surface area contributed by atoms with Gasteiger partial charge >= 0.3 is 0 Å². The van der Waals surface area contributed by atoms with Crippen LogP contribution in [-0.2, 0) is 0 Å². The summed E-state index contributed by atoms with van der Waals surface area (Å²) in [6.07, 6.45) is 1.72. The predicted molar refractivity (Wildman–Crippen MR) is 78.5 cm³/mol. The Hall–Kier alpha value is -1.94. The number of hydrogen-bond donors (Lipinski definition) is 1. The molecule has 0 bridgehead atoms. The van der Waals surface area contributed by atoms with Crippen LogP contribution in [0.5, 0.6) is 0 Å². The van der Waals surface area contributed by atoms with E-state index in [9.17, 15) is 4.79 Å². The zero-order valence-corrected chi connectivity index (χ0v) is 11.6. The Kier molecular flexibility index (Phi) is 3.17. The van der Waals surface area contributed by atoms with Crippen LogP contribution in [0.4, 0.5) is 0 Å². The second-order valence-corrected chi connectivity index (χ2v) is 5.23. The van der Waals surface area contributed by atoms with Crippen LogP contribution in [0.3, 0.4) is 0 Å². The fraction of sp³-hybridized carbons (Fsp3) is 0.0667. The van der Waals surface area contributed by atoms with E-state index in [2.05, 4.69) is 26.1 Å². The Morgan fingerprint density at radius 3 is 2.74 bits per heavy atom. The first-order valence-corrected chi connectivity index (χ1v) is 6.83. The maximum Gasteiger partial charge on any atom is 0.180 e. The number of rotatable bonds is 3. The van der Waals surface area contributed by atoms with Gasteiger partial charge in [-0.15, -0.1) is 0 Å². The first-order valence-electron chi connectivity index (χ1n) is 5.92. The molecule has 3 nitrogen and oxygen atoms in total. The number of halogens is 1. The molecule has 3 aromatic rings. The number of alkyl halides is 1. The van der Waals surface area contributed by atoms with Gasteiger partial charge in [-0.3, -0.25) is 9.89 Å². The number of Topliss-reactive ketones (excluding diaryl/α,β-unsaturated/α-hetero) is 1. The molecule has 0 saturated heterocycles. The number of nitrogens with zero attached hydrogens (tertiary/aromatic N) is 1. The van der Waals surface area contributed by atoms with Crippen LogP contribution in [0.25, 0.3) is 10.9 Å². The molecule has 0 saturated carbocycles.